The Morgan fingerprint density at radius 2 is 2.20 bits per heavy atom. The van der Waals surface area contributed by atoms with Gasteiger partial charge in [-0.15, -0.1) is 11.3 Å². The third kappa shape index (κ3) is 3.81. The van der Waals surface area contributed by atoms with Gasteiger partial charge in [0.15, 0.2) is 5.13 Å². The monoisotopic (exact) mass is 290 g/mol. The summed E-state index contributed by atoms with van der Waals surface area (Å²) < 4.78 is 4.62. The van der Waals surface area contributed by atoms with Crippen LogP contribution in [0.3, 0.4) is 0 Å². The highest BCUT2D eigenvalue weighted by Crippen LogP contribution is 2.24. The van der Waals surface area contributed by atoms with Gasteiger partial charge in [-0.05, 0) is 25.5 Å². The molecule has 0 saturated carbocycles. The van der Waals surface area contributed by atoms with E-state index in [4.69, 9.17) is 0 Å². The van der Waals surface area contributed by atoms with Crippen LogP contribution in [0.5, 0.6) is 0 Å². The van der Waals surface area contributed by atoms with Crippen molar-refractivity contribution in [2.45, 2.75) is 26.7 Å². The maximum Gasteiger partial charge on any atom is 0.305 e. The van der Waals surface area contributed by atoms with Crippen LogP contribution in [0, 0.1) is 13.8 Å². The van der Waals surface area contributed by atoms with Gasteiger partial charge in [-0.25, -0.2) is 4.98 Å². The summed E-state index contributed by atoms with van der Waals surface area (Å²) >= 11 is 1.54. The predicted octanol–water partition coefficient (Wildman–Crippen LogP) is 3.61. The second-order valence-corrected chi connectivity index (χ2v) is 5.52. The van der Waals surface area contributed by atoms with Gasteiger partial charge in [0.25, 0.3) is 0 Å². The van der Waals surface area contributed by atoms with E-state index < -0.39 is 0 Å². The average Bonchev–Trinajstić information content (AvgIpc) is 2.87. The Kier molecular flexibility index (Phi) is 4.74. The van der Waals surface area contributed by atoms with Crippen molar-refractivity contribution in [2.75, 3.05) is 12.4 Å². The first-order valence-corrected chi connectivity index (χ1v) is 7.32. The third-order valence-electron chi connectivity index (χ3n) is 2.99. The lowest BCUT2D eigenvalue weighted by Crippen LogP contribution is -2.02. The summed E-state index contributed by atoms with van der Waals surface area (Å²) in [4.78, 5) is 15.6. The molecule has 0 radical (unpaired) electrons. The van der Waals surface area contributed by atoms with E-state index >= 15 is 0 Å². The first-order valence-electron chi connectivity index (χ1n) is 6.44. The largest absolute Gasteiger partial charge is 0.469 e. The number of esters is 1. The number of benzene rings is 1. The van der Waals surface area contributed by atoms with Crippen LogP contribution >= 0.6 is 11.3 Å². The number of anilines is 2. The zero-order chi connectivity index (χ0) is 14.5. The second-order valence-electron chi connectivity index (χ2n) is 4.66. The minimum absolute atomic E-state index is 0.207. The van der Waals surface area contributed by atoms with Crippen LogP contribution in [0.2, 0.25) is 0 Å². The molecule has 1 aromatic carbocycles. The molecule has 0 aliphatic rings. The standard InChI is InChI=1S/C15H18N2O2S/c1-10-4-6-13(11(2)8-10)17-15-16-12(9-20-15)5-7-14(18)19-3/h4,6,8-9H,5,7H2,1-3H3,(H,16,17). The van der Waals surface area contributed by atoms with Crippen LogP contribution in [-0.2, 0) is 16.0 Å². The number of thiazole rings is 1. The summed E-state index contributed by atoms with van der Waals surface area (Å²) in [5, 5.41) is 6.12. The maximum absolute atomic E-state index is 11.1. The zero-order valence-electron chi connectivity index (χ0n) is 11.9. The van der Waals surface area contributed by atoms with E-state index in [0.717, 1.165) is 16.5 Å². The molecular formula is C15H18N2O2S. The van der Waals surface area contributed by atoms with Gasteiger partial charge in [-0.3, -0.25) is 4.79 Å². The number of carbonyl (C=O) groups excluding carboxylic acids is 1. The average molecular weight is 290 g/mol. The number of aromatic nitrogens is 1. The van der Waals surface area contributed by atoms with Gasteiger partial charge in [-0.1, -0.05) is 17.7 Å². The minimum Gasteiger partial charge on any atom is -0.469 e. The fourth-order valence-electron chi connectivity index (χ4n) is 1.88. The number of methoxy groups -OCH3 is 1. The number of ether oxygens (including phenoxy) is 1. The highest BCUT2D eigenvalue weighted by Gasteiger charge is 2.07. The van der Waals surface area contributed by atoms with E-state index in [0.29, 0.717) is 12.8 Å². The number of hydrogen-bond donors (Lipinski definition) is 1. The van der Waals surface area contributed by atoms with Gasteiger partial charge in [0.05, 0.1) is 19.2 Å². The van der Waals surface area contributed by atoms with Crippen LogP contribution in [0.25, 0.3) is 0 Å². The van der Waals surface area contributed by atoms with Crippen LogP contribution in [-0.4, -0.2) is 18.1 Å². The van der Waals surface area contributed by atoms with Gasteiger partial charge in [0.1, 0.15) is 0 Å². The van der Waals surface area contributed by atoms with Crippen LogP contribution in [0.4, 0.5) is 10.8 Å². The molecule has 0 saturated heterocycles. The summed E-state index contributed by atoms with van der Waals surface area (Å²) in [6.07, 6.45) is 0.973. The Balaban J connectivity index is 2.00. The molecule has 1 heterocycles. The van der Waals surface area contributed by atoms with E-state index in [2.05, 4.69) is 47.1 Å². The molecule has 1 aromatic heterocycles. The number of rotatable bonds is 5. The molecule has 0 aliphatic carbocycles. The van der Waals surface area contributed by atoms with E-state index in [1.165, 1.54) is 18.2 Å². The normalized spacial score (nSPS) is 10.3. The number of nitrogens with zero attached hydrogens (tertiary/aromatic N) is 1. The fourth-order valence-corrected chi connectivity index (χ4v) is 2.64. The molecule has 2 rings (SSSR count). The molecule has 0 bridgehead atoms. The zero-order valence-corrected chi connectivity index (χ0v) is 12.7. The Hall–Kier alpha value is -1.88. The van der Waals surface area contributed by atoms with Crippen molar-refractivity contribution in [3.05, 3.63) is 40.4 Å². The molecule has 106 valence electrons. The Bertz CT molecular complexity index is 608. The lowest BCUT2D eigenvalue weighted by Gasteiger charge is -2.07. The van der Waals surface area contributed by atoms with Crippen molar-refractivity contribution in [1.82, 2.24) is 4.98 Å². The Morgan fingerprint density at radius 3 is 2.90 bits per heavy atom. The van der Waals surface area contributed by atoms with Crippen LogP contribution in [0.1, 0.15) is 23.2 Å². The molecule has 0 amide bonds. The number of hydrogen-bond acceptors (Lipinski definition) is 5. The van der Waals surface area contributed by atoms with E-state index in [-0.39, 0.29) is 5.97 Å². The van der Waals surface area contributed by atoms with Gasteiger partial charge >= 0.3 is 5.97 Å². The van der Waals surface area contributed by atoms with Crippen molar-refractivity contribution in [2.24, 2.45) is 0 Å². The van der Waals surface area contributed by atoms with E-state index in [1.807, 2.05) is 5.38 Å². The smallest absolute Gasteiger partial charge is 0.305 e. The Labute approximate surface area is 122 Å². The van der Waals surface area contributed by atoms with Crippen molar-refractivity contribution in [1.29, 1.82) is 0 Å². The van der Waals surface area contributed by atoms with Crippen molar-refractivity contribution in [3.8, 4) is 0 Å². The highest BCUT2D eigenvalue weighted by molar-refractivity contribution is 7.13. The fraction of sp³-hybridized carbons (Fsp3) is 0.333. The van der Waals surface area contributed by atoms with Crippen molar-refractivity contribution in [3.63, 3.8) is 0 Å². The minimum atomic E-state index is -0.207. The SMILES string of the molecule is COC(=O)CCc1csc(Nc2ccc(C)cc2C)n1. The van der Waals surface area contributed by atoms with Crippen LogP contribution in [0.15, 0.2) is 23.6 Å². The molecule has 0 fully saturated rings. The van der Waals surface area contributed by atoms with Crippen LogP contribution < -0.4 is 5.32 Å². The molecule has 0 aliphatic heterocycles. The molecule has 1 N–H and O–H groups in total. The molecular weight excluding hydrogens is 272 g/mol. The molecule has 0 spiro atoms. The summed E-state index contributed by atoms with van der Waals surface area (Å²) in [6, 6.07) is 6.26. The van der Waals surface area contributed by atoms with E-state index in [1.54, 1.807) is 11.3 Å². The molecule has 4 nitrogen and oxygen atoms in total. The topological polar surface area (TPSA) is 51.2 Å². The lowest BCUT2D eigenvalue weighted by atomic mass is 10.1. The van der Waals surface area contributed by atoms with Gasteiger partial charge in [0, 0.05) is 17.5 Å². The van der Waals surface area contributed by atoms with Gasteiger partial charge in [0.2, 0.25) is 0 Å². The summed E-state index contributed by atoms with van der Waals surface area (Å²) in [5.41, 5.74) is 4.40. The predicted molar refractivity (Wildman–Crippen MR) is 81.6 cm³/mol. The molecule has 2 aromatic rings. The van der Waals surface area contributed by atoms with Crippen molar-refractivity contribution < 1.29 is 9.53 Å². The lowest BCUT2D eigenvalue weighted by molar-refractivity contribution is -0.140. The molecule has 0 atom stereocenters. The quantitative estimate of drug-likeness (QED) is 0.855. The third-order valence-corrected chi connectivity index (χ3v) is 3.79. The number of carbonyl (C=O) groups is 1. The van der Waals surface area contributed by atoms with Gasteiger partial charge < -0.3 is 10.1 Å². The number of nitrogens with one attached hydrogen (secondary N) is 1. The first kappa shape index (κ1) is 14.5. The second kappa shape index (κ2) is 6.52. The highest BCUT2D eigenvalue weighted by atomic mass is 32.1. The summed E-state index contributed by atoms with van der Waals surface area (Å²) in [7, 11) is 1.40. The summed E-state index contributed by atoms with van der Waals surface area (Å²) in [5.74, 6) is -0.207. The van der Waals surface area contributed by atoms with Crippen molar-refractivity contribution >= 4 is 28.1 Å². The first-order chi connectivity index (χ1) is 9.58. The summed E-state index contributed by atoms with van der Waals surface area (Å²) in [6.45, 7) is 4.15. The molecule has 20 heavy (non-hydrogen) atoms. The van der Waals surface area contributed by atoms with E-state index in [9.17, 15) is 4.79 Å². The number of aryl methyl sites for hydroxylation is 3. The molecule has 5 heteroatoms. The van der Waals surface area contributed by atoms with Gasteiger partial charge in [-0.2, -0.15) is 0 Å². The Morgan fingerprint density at radius 1 is 1.40 bits per heavy atom. The molecule has 0 unspecified atom stereocenters. The maximum atomic E-state index is 11.1.